The van der Waals surface area contributed by atoms with E-state index in [4.69, 9.17) is 9.84 Å². The fourth-order valence-corrected chi connectivity index (χ4v) is 1.47. The van der Waals surface area contributed by atoms with Gasteiger partial charge in [-0.25, -0.2) is 4.79 Å². The van der Waals surface area contributed by atoms with Gasteiger partial charge in [0.05, 0.1) is 13.0 Å². The highest BCUT2D eigenvalue weighted by molar-refractivity contribution is 5.81. The quantitative estimate of drug-likeness (QED) is 0.389. The molecule has 0 aromatic carbocycles. The third-order valence-corrected chi connectivity index (χ3v) is 2.09. The molecule has 2 heterocycles. The molecule has 0 aromatic rings. The van der Waals surface area contributed by atoms with Gasteiger partial charge in [0.2, 0.25) is 5.79 Å². The van der Waals surface area contributed by atoms with Gasteiger partial charge in [0.1, 0.15) is 6.10 Å². The van der Waals surface area contributed by atoms with E-state index in [9.17, 15) is 15.0 Å². The molecule has 2 rings (SSSR count). The van der Waals surface area contributed by atoms with Crippen LogP contribution in [0.25, 0.3) is 0 Å². The van der Waals surface area contributed by atoms with E-state index in [0.29, 0.717) is 0 Å². The third-order valence-electron chi connectivity index (χ3n) is 2.09. The molecular weight excluding hydrogens is 168 g/mol. The lowest BCUT2D eigenvalue weighted by molar-refractivity contribution is -0.280. The Balaban J connectivity index is 2.31. The van der Waals surface area contributed by atoms with Crippen LogP contribution in [0.15, 0.2) is 0 Å². The lowest BCUT2D eigenvalue weighted by Gasteiger charge is -2.28. The Morgan fingerprint density at radius 2 is 2.25 bits per heavy atom. The van der Waals surface area contributed by atoms with Gasteiger partial charge in [-0.2, -0.15) is 0 Å². The summed E-state index contributed by atoms with van der Waals surface area (Å²) in [5.41, 5.74) is 0. The second-order valence-electron chi connectivity index (χ2n) is 2.98. The van der Waals surface area contributed by atoms with Crippen LogP contribution in [0, 0.1) is 0 Å². The number of carbonyl (C=O) groups is 1. The van der Waals surface area contributed by atoms with E-state index >= 15 is 0 Å². The molecule has 2 aliphatic heterocycles. The van der Waals surface area contributed by atoms with Gasteiger partial charge in [-0.3, -0.25) is 0 Å². The molecule has 3 atom stereocenters. The molecule has 0 radical (unpaired) electrons. The molecule has 68 valence electrons. The topological polar surface area (TPSA) is 96.2 Å². The van der Waals surface area contributed by atoms with Crippen molar-refractivity contribution < 1.29 is 29.6 Å². The molecule has 0 aliphatic carbocycles. The molecule has 6 heteroatoms. The fourth-order valence-electron chi connectivity index (χ4n) is 1.47. The zero-order valence-corrected chi connectivity index (χ0v) is 6.06. The average Bonchev–Trinajstić information content (AvgIpc) is 2.34. The summed E-state index contributed by atoms with van der Waals surface area (Å²) in [6.07, 6.45) is -1.40. The monoisotopic (exact) mass is 176 g/mol. The van der Waals surface area contributed by atoms with Crippen molar-refractivity contribution in [3.05, 3.63) is 0 Å². The molecule has 2 fully saturated rings. The standard InChI is InChI=1S/C6H8O6/c7-1-3-5(9)2-6(10,11-3)4(8)12-5/h3,7,9-10H,1-2H2. The second-order valence-corrected chi connectivity index (χ2v) is 2.98. The predicted octanol–water partition coefficient (Wildman–Crippen LogP) is -2.30. The zero-order chi connectivity index (χ0) is 8.98. The van der Waals surface area contributed by atoms with Gasteiger partial charge in [0.15, 0.2) is 0 Å². The minimum absolute atomic E-state index is 0.343. The number of aliphatic hydroxyl groups excluding tert-OH is 1. The van der Waals surface area contributed by atoms with Gasteiger partial charge in [0.25, 0.3) is 5.79 Å². The summed E-state index contributed by atoms with van der Waals surface area (Å²) in [6, 6.07) is 0. The normalized spacial score (nSPS) is 51.2. The molecule has 0 spiro atoms. The number of carbonyl (C=O) groups excluding carboxylic acids is 1. The average molecular weight is 176 g/mol. The first-order chi connectivity index (χ1) is 5.50. The van der Waals surface area contributed by atoms with E-state index in [0.717, 1.165) is 0 Å². The highest BCUT2D eigenvalue weighted by Crippen LogP contribution is 2.44. The molecule has 3 N–H and O–H groups in total. The Hall–Kier alpha value is -0.690. The number of ether oxygens (including phenoxy) is 2. The molecule has 0 amide bonds. The lowest BCUT2D eigenvalue weighted by atomic mass is 10.1. The summed E-state index contributed by atoms with van der Waals surface area (Å²) in [5, 5.41) is 27.4. The van der Waals surface area contributed by atoms with E-state index in [-0.39, 0.29) is 6.42 Å². The zero-order valence-electron chi connectivity index (χ0n) is 6.06. The summed E-state index contributed by atoms with van der Waals surface area (Å²) in [7, 11) is 0. The minimum Gasteiger partial charge on any atom is -0.426 e. The maximum Gasteiger partial charge on any atom is 0.369 e. The van der Waals surface area contributed by atoms with Crippen molar-refractivity contribution in [3.63, 3.8) is 0 Å². The van der Waals surface area contributed by atoms with E-state index < -0.39 is 30.3 Å². The molecule has 12 heavy (non-hydrogen) atoms. The fraction of sp³-hybridized carbons (Fsp3) is 0.833. The Bertz CT molecular complexity index is 240. The smallest absolute Gasteiger partial charge is 0.369 e. The van der Waals surface area contributed by atoms with Gasteiger partial charge in [-0.05, 0) is 0 Å². The van der Waals surface area contributed by atoms with Gasteiger partial charge < -0.3 is 24.8 Å². The number of hydrogen-bond acceptors (Lipinski definition) is 6. The van der Waals surface area contributed by atoms with Crippen LogP contribution in [0.3, 0.4) is 0 Å². The third kappa shape index (κ3) is 0.748. The van der Waals surface area contributed by atoms with Crippen molar-refractivity contribution in [2.75, 3.05) is 6.61 Å². The summed E-state index contributed by atoms with van der Waals surface area (Å²) in [6.45, 7) is -0.508. The Labute approximate surface area is 67.3 Å². The molecule has 2 bridgehead atoms. The van der Waals surface area contributed by atoms with Gasteiger partial charge in [-0.1, -0.05) is 0 Å². The molecular formula is C6H8O6. The van der Waals surface area contributed by atoms with Gasteiger partial charge in [-0.15, -0.1) is 0 Å². The number of aliphatic hydroxyl groups is 3. The number of rotatable bonds is 1. The van der Waals surface area contributed by atoms with Crippen LogP contribution in [-0.4, -0.2) is 45.6 Å². The van der Waals surface area contributed by atoms with Crippen LogP contribution in [0.5, 0.6) is 0 Å². The van der Waals surface area contributed by atoms with Crippen molar-refractivity contribution >= 4 is 5.97 Å². The maximum atomic E-state index is 10.8. The highest BCUT2D eigenvalue weighted by Gasteiger charge is 2.68. The Kier molecular flexibility index (Phi) is 1.30. The van der Waals surface area contributed by atoms with Crippen LogP contribution in [0.2, 0.25) is 0 Å². The molecule has 6 nitrogen and oxygen atoms in total. The maximum absolute atomic E-state index is 10.8. The lowest BCUT2D eigenvalue weighted by Crippen LogP contribution is -2.48. The van der Waals surface area contributed by atoms with Crippen molar-refractivity contribution in [2.45, 2.75) is 24.1 Å². The first kappa shape index (κ1) is 7.93. The van der Waals surface area contributed by atoms with Gasteiger partial charge in [0, 0.05) is 0 Å². The van der Waals surface area contributed by atoms with Crippen molar-refractivity contribution in [1.82, 2.24) is 0 Å². The molecule has 3 unspecified atom stereocenters. The van der Waals surface area contributed by atoms with E-state index in [1.165, 1.54) is 0 Å². The first-order valence-corrected chi connectivity index (χ1v) is 3.47. The van der Waals surface area contributed by atoms with Crippen LogP contribution in [0.4, 0.5) is 0 Å². The molecule has 0 saturated carbocycles. The summed E-state index contributed by atoms with van der Waals surface area (Å²) in [5.74, 6) is -4.93. The summed E-state index contributed by atoms with van der Waals surface area (Å²) < 4.78 is 9.13. The number of fused-ring (bicyclic) bond motifs is 2. The second kappa shape index (κ2) is 1.97. The molecule has 2 aliphatic rings. The number of hydrogen-bond donors (Lipinski definition) is 3. The molecule has 2 saturated heterocycles. The minimum atomic E-state index is -2.07. The SMILES string of the molecule is O=C1OC2(O)CC1(O)OC2CO. The largest absolute Gasteiger partial charge is 0.426 e. The molecule has 0 aromatic heterocycles. The van der Waals surface area contributed by atoms with Crippen LogP contribution < -0.4 is 0 Å². The predicted molar refractivity (Wildman–Crippen MR) is 32.6 cm³/mol. The van der Waals surface area contributed by atoms with Crippen molar-refractivity contribution in [2.24, 2.45) is 0 Å². The van der Waals surface area contributed by atoms with Gasteiger partial charge >= 0.3 is 5.97 Å². The van der Waals surface area contributed by atoms with E-state index in [1.807, 2.05) is 0 Å². The van der Waals surface area contributed by atoms with Crippen LogP contribution in [-0.2, 0) is 14.3 Å². The Morgan fingerprint density at radius 1 is 1.58 bits per heavy atom. The summed E-state index contributed by atoms with van der Waals surface area (Å²) in [4.78, 5) is 10.8. The Morgan fingerprint density at radius 3 is 2.58 bits per heavy atom. The van der Waals surface area contributed by atoms with Crippen LogP contribution >= 0.6 is 0 Å². The van der Waals surface area contributed by atoms with Crippen molar-refractivity contribution in [1.29, 1.82) is 0 Å². The highest BCUT2D eigenvalue weighted by atomic mass is 16.8. The number of esters is 1. The van der Waals surface area contributed by atoms with E-state index in [1.54, 1.807) is 0 Å². The summed E-state index contributed by atoms with van der Waals surface area (Å²) >= 11 is 0. The van der Waals surface area contributed by atoms with Crippen molar-refractivity contribution in [3.8, 4) is 0 Å². The van der Waals surface area contributed by atoms with E-state index in [2.05, 4.69) is 4.74 Å². The van der Waals surface area contributed by atoms with Crippen LogP contribution in [0.1, 0.15) is 6.42 Å². The first-order valence-electron chi connectivity index (χ1n) is 3.47.